The summed E-state index contributed by atoms with van der Waals surface area (Å²) in [6.07, 6.45) is 2.77. The molecule has 0 aliphatic rings. The number of carbonyl (C=O) groups is 1. The van der Waals surface area contributed by atoms with Crippen molar-refractivity contribution >= 4 is 34.1 Å². The monoisotopic (exact) mass is 491 g/mol. The van der Waals surface area contributed by atoms with E-state index in [1.165, 1.54) is 28.7 Å². The molecule has 0 atom stereocenters. The first-order chi connectivity index (χ1) is 16.6. The fourth-order valence-electron chi connectivity index (χ4n) is 3.38. The van der Waals surface area contributed by atoms with Crippen molar-refractivity contribution in [3.8, 4) is 28.4 Å². The van der Waals surface area contributed by atoms with Gasteiger partial charge in [0.05, 0.1) is 24.1 Å². The molecule has 0 spiro atoms. The van der Waals surface area contributed by atoms with Gasteiger partial charge in [-0.05, 0) is 24.1 Å². The number of nitrogens with zero attached hydrogens (tertiary/aromatic N) is 4. The summed E-state index contributed by atoms with van der Waals surface area (Å²) in [5, 5.41) is 14.7. The lowest BCUT2D eigenvalue weighted by Gasteiger charge is -2.10. The van der Waals surface area contributed by atoms with Crippen molar-refractivity contribution in [2.45, 2.75) is 25.0 Å². The van der Waals surface area contributed by atoms with E-state index in [1.54, 1.807) is 13.2 Å². The van der Waals surface area contributed by atoms with Gasteiger partial charge in [0.25, 0.3) is 0 Å². The molecule has 2 heterocycles. The first-order valence-electron chi connectivity index (χ1n) is 10.8. The minimum atomic E-state index is -0.153. The second-order valence-electron chi connectivity index (χ2n) is 7.33. The molecular formula is C25H25N5O2S2. The minimum Gasteiger partial charge on any atom is -0.496 e. The SMILES string of the molecule is C=CCn1c(SCC(=O)Nc2nc(-c3ccc(CC)cc3)cs2)nnc1-c1ccccc1OC. The van der Waals surface area contributed by atoms with Crippen LogP contribution in [0.15, 0.2) is 71.7 Å². The minimum absolute atomic E-state index is 0.153. The molecule has 0 aliphatic heterocycles. The lowest BCUT2D eigenvalue weighted by molar-refractivity contribution is -0.113. The first-order valence-corrected chi connectivity index (χ1v) is 12.6. The van der Waals surface area contributed by atoms with Crippen LogP contribution in [0.5, 0.6) is 5.75 Å². The van der Waals surface area contributed by atoms with Gasteiger partial charge in [-0.2, -0.15) is 0 Å². The smallest absolute Gasteiger partial charge is 0.236 e. The van der Waals surface area contributed by atoms with Crippen molar-refractivity contribution in [1.82, 2.24) is 19.7 Å². The Labute approximate surface area is 206 Å². The highest BCUT2D eigenvalue weighted by Crippen LogP contribution is 2.31. The Balaban J connectivity index is 1.43. The fraction of sp³-hybridized carbons (Fsp3) is 0.200. The number of thioether (sulfide) groups is 1. The van der Waals surface area contributed by atoms with Crippen LogP contribution in [-0.2, 0) is 17.8 Å². The summed E-state index contributed by atoms with van der Waals surface area (Å²) in [5.74, 6) is 1.40. The third-order valence-corrected chi connectivity index (χ3v) is 6.84. The molecule has 4 aromatic rings. The Kier molecular flexibility index (Phi) is 7.76. The Morgan fingerprint density at radius 1 is 1.21 bits per heavy atom. The van der Waals surface area contributed by atoms with E-state index in [4.69, 9.17) is 4.74 Å². The van der Waals surface area contributed by atoms with Crippen LogP contribution < -0.4 is 10.1 Å². The molecule has 174 valence electrons. The summed E-state index contributed by atoms with van der Waals surface area (Å²) >= 11 is 2.72. The molecule has 0 bridgehead atoms. The Bertz CT molecular complexity index is 1280. The summed E-state index contributed by atoms with van der Waals surface area (Å²) in [7, 11) is 1.62. The molecule has 0 saturated carbocycles. The summed E-state index contributed by atoms with van der Waals surface area (Å²) in [6.45, 7) is 6.48. The number of carbonyl (C=O) groups excluding carboxylic acids is 1. The second kappa shape index (κ2) is 11.1. The zero-order chi connectivity index (χ0) is 23.9. The van der Waals surface area contributed by atoms with Crippen LogP contribution in [0.2, 0.25) is 0 Å². The third kappa shape index (κ3) is 5.37. The predicted molar refractivity (Wildman–Crippen MR) is 138 cm³/mol. The standard InChI is InChI=1S/C25H25N5O2S2/c1-4-14-30-23(19-8-6-7-9-21(19)32-3)28-29-25(30)34-16-22(31)27-24-26-20(15-33-24)18-12-10-17(5-2)11-13-18/h4,6-13,15H,1,5,14,16H2,2-3H3,(H,26,27,31). The number of hydrogen-bond donors (Lipinski definition) is 1. The van der Waals surface area contributed by atoms with Crippen molar-refractivity contribution in [2.75, 3.05) is 18.2 Å². The van der Waals surface area contributed by atoms with E-state index in [2.05, 4.69) is 58.3 Å². The molecule has 0 unspecified atom stereocenters. The van der Waals surface area contributed by atoms with Crippen LogP contribution in [-0.4, -0.2) is 38.5 Å². The Morgan fingerprint density at radius 3 is 2.74 bits per heavy atom. The number of amides is 1. The largest absolute Gasteiger partial charge is 0.496 e. The van der Waals surface area contributed by atoms with Crippen molar-refractivity contribution in [2.24, 2.45) is 0 Å². The highest BCUT2D eigenvalue weighted by atomic mass is 32.2. The molecule has 9 heteroatoms. The number of allylic oxidation sites excluding steroid dienone is 1. The molecular weight excluding hydrogens is 466 g/mol. The quantitative estimate of drug-likeness (QED) is 0.231. The number of methoxy groups -OCH3 is 1. The number of anilines is 1. The van der Waals surface area contributed by atoms with E-state index < -0.39 is 0 Å². The molecule has 0 radical (unpaired) electrons. The second-order valence-corrected chi connectivity index (χ2v) is 9.13. The van der Waals surface area contributed by atoms with Gasteiger partial charge in [0.15, 0.2) is 16.1 Å². The molecule has 1 amide bonds. The van der Waals surface area contributed by atoms with Gasteiger partial charge in [0.2, 0.25) is 5.91 Å². The van der Waals surface area contributed by atoms with Gasteiger partial charge in [-0.15, -0.1) is 28.1 Å². The fourth-order valence-corrected chi connectivity index (χ4v) is 4.86. The highest BCUT2D eigenvalue weighted by molar-refractivity contribution is 7.99. The maximum absolute atomic E-state index is 12.6. The van der Waals surface area contributed by atoms with E-state index in [-0.39, 0.29) is 11.7 Å². The third-order valence-electron chi connectivity index (χ3n) is 5.12. The van der Waals surface area contributed by atoms with E-state index in [0.29, 0.717) is 28.4 Å². The molecule has 4 rings (SSSR count). The van der Waals surface area contributed by atoms with Gasteiger partial charge in [-0.1, -0.05) is 61.2 Å². The zero-order valence-electron chi connectivity index (χ0n) is 19.0. The van der Waals surface area contributed by atoms with Gasteiger partial charge < -0.3 is 10.1 Å². The maximum atomic E-state index is 12.6. The van der Waals surface area contributed by atoms with E-state index >= 15 is 0 Å². The van der Waals surface area contributed by atoms with Crippen LogP contribution in [0.4, 0.5) is 5.13 Å². The normalized spacial score (nSPS) is 10.8. The summed E-state index contributed by atoms with van der Waals surface area (Å²) in [4.78, 5) is 17.2. The Hall–Kier alpha value is -3.43. The number of aromatic nitrogens is 4. The number of para-hydroxylation sites is 1. The van der Waals surface area contributed by atoms with Crippen molar-refractivity contribution in [3.63, 3.8) is 0 Å². The van der Waals surface area contributed by atoms with Gasteiger partial charge in [-0.25, -0.2) is 4.98 Å². The molecule has 1 N–H and O–H groups in total. The lowest BCUT2D eigenvalue weighted by Crippen LogP contribution is -2.14. The predicted octanol–water partition coefficient (Wildman–Crippen LogP) is 5.56. The number of benzene rings is 2. The van der Waals surface area contributed by atoms with Crippen LogP contribution in [0.1, 0.15) is 12.5 Å². The maximum Gasteiger partial charge on any atom is 0.236 e. The highest BCUT2D eigenvalue weighted by Gasteiger charge is 2.18. The average Bonchev–Trinajstić information content (AvgIpc) is 3.50. The van der Waals surface area contributed by atoms with Crippen LogP contribution in [0, 0.1) is 0 Å². The topological polar surface area (TPSA) is 81.9 Å². The number of ether oxygens (including phenoxy) is 1. The van der Waals surface area contributed by atoms with Gasteiger partial charge in [0.1, 0.15) is 5.75 Å². The number of hydrogen-bond acceptors (Lipinski definition) is 7. The molecule has 2 aromatic carbocycles. The van der Waals surface area contributed by atoms with Gasteiger partial charge >= 0.3 is 0 Å². The van der Waals surface area contributed by atoms with E-state index in [1.807, 2.05) is 34.2 Å². The Morgan fingerprint density at radius 2 is 2.00 bits per heavy atom. The number of aryl methyl sites for hydroxylation is 1. The molecule has 0 aliphatic carbocycles. The molecule has 34 heavy (non-hydrogen) atoms. The summed E-state index contributed by atoms with van der Waals surface area (Å²) < 4.78 is 7.39. The first kappa shape index (κ1) is 23.7. The van der Waals surface area contributed by atoms with Gasteiger partial charge in [-0.3, -0.25) is 9.36 Å². The van der Waals surface area contributed by atoms with E-state index in [0.717, 1.165) is 23.2 Å². The number of thiazole rings is 1. The number of nitrogens with one attached hydrogen (secondary N) is 1. The van der Waals surface area contributed by atoms with E-state index in [9.17, 15) is 4.79 Å². The van der Waals surface area contributed by atoms with Crippen LogP contribution >= 0.6 is 23.1 Å². The zero-order valence-corrected chi connectivity index (χ0v) is 20.7. The lowest BCUT2D eigenvalue weighted by atomic mass is 10.1. The molecule has 0 saturated heterocycles. The van der Waals surface area contributed by atoms with Crippen molar-refractivity contribution in [3.05, 3.63) is 72.1 Å². The summed E-state index contributed by atoms with van der Waals surface area (Å²) in [6, 6.07) is 15.9. The molecule has 7 nitrogen and oxygen atoms in total. The van der Waals surface area contributed by atoms with Crippen molar-refractivity contribution < 1.29 is 9.53 Å². The molecule has 0 fully saturated rings. The average molecular weight is 492 g/mol. The number of rotatable bonds is 10. The van der Waals surface area contributed by atoms with Gasteiger partial charge in [0, 0.05) is 17.5 Å². The molecule has 2 aromatic heterocycles. The van der Waals surface area contributed by atoms with Crippen molar-refractivity contribution in [1.29, 1.82) is 0 Å². The summed E-state index contributed by atoms with van der Waals surface area (Å²) in [5.41, 5.74) is 3.99. The van der Waals surface area contributed by atoms with Crippen LogP contribution in [0.25, 0.3) is 22.6 Å². The van der Waals surface area contributed by atoms with Crippen LogP contribution in [0.3, 0.4) is 0 Å².